The minimum atomic E-state index is -1.54. The van der Waals surface area contributed by atoms with Gasteiger partial charge in [-0.2, -0.15) is 0 Å². The maximum absolute atomic E-state index is 13.2. The smallest absolute Gasteiger partial charge is 0.132 e. The van der Waals surface area contributed by atoms with Gasteiger partial charge in [0.05, 0.1) is 11.7 Å². The van der Waals surface area contributed by atoms with Gasteiger partial charge in [-0.3, -0.25) is 0 Å². The molecule has 4 heteroatoms. The third-order valence-electron chi connectivity index (χ3n) is 2.30. The Morgan fingerprint density at radius 1 is 1.07 bits per heavy atom. The fourth-order valence-corrected chi connectivity index (χ4v) is 1.33. The van der Waals surface area contributed by atoms with E-state index in [1.54, 1.807) is 13.8 Å². The van der Waals surface area contributed by atoms with E-state index >= 15 is 0 Å². The van der Waals surface area contributed by atoms with Crippen LogP contribution in [0.1, 0.15) is 25.5 Å². The summed E-state index contributed by atoms with van der Waals surface area (Å²) in [5, 5.41) is 19.1. The lowest BCUT2D eigenvalue weighted by Crippen LogP contribution is -2.25. The van der Waals surface area contributed by atoms with Crippen LogP contribution in [0.3, 0.4) is 0 Å². The number of hydrogen-bond acceptors (Lipinski definition) is 2. The van der Waals surface area contributed by atoms with Gasteiger partial charge >= 0.3 is 0 Å². The highest BCUT2D eigenvalue weighted by atomic mass is 19.1. The number of aliphatic hydroxyl groups excluding tert-OH is 2. The normalized spacial score (nSPS) is 15.4. The minimum absolute atomic E-state index is 0.279. The van der Waals surface area contributed by atoms with Gasteiger partial charge in [0.1, 0.15) is 17.7 Å². The van der Waals surface area contributed by atoms with Gasteiger partial charge in [0, 0.05) is 0 Å². The van der Waals surface area contributed by atoms with E-state index in [0.29, 0.717) is 0 Å². The Balaban J connectivity index is 3.05. The first-order valence-corrected chi connectivity index (χ1v) is 4.75. The Kier molecular flexibility index (Phi) is 3.77. The fourth-order valence-electron chi connectivity index (χ4n) is 1.33. The Morgan fingerprint density at radius 2 is 1.53 bits per heavy atom. The van der Waals surface area contributed by atoms with Crippen molar-refractivity contribution in [2.45, 2.75) is 26.1 Å². The number of halogens is 2. The SMILES string of the molecule is CC(C)C(O)C(O)c1c(F)cccc1F. The van der Waals surface area contributed by atoms with Gasteiger partial charge in [-0.25, -0.2) is 8.78 Å². The van der Waals surface area contributed by atoms with Crippen LogP contribution in [0.2, 0.25) is 0 Å². The molecule has 0 aromatic heterocycles. The predicted molar refractivity (Wildman–Crippen MR) is 52.2 cm³/mol. The minimum Gasteiger partial charge on any atom is -0.390 e. The Morgan fingerprint density at radius 3 is 1.93 bits per heavy atom. The zero-order chi connectivity index (χ0) is 11.6. The van der Waals surface area contributed by atoms with Gasteiger partial charge in [0.15, 0.2) is 0 Å². The average molecular weight is 216 g/mol. The second-order valence-electron chi connectivity index (χ2n) is 3.81. The van der Waals surface area contributed by atoms with Crippen molar-refractivity contribution >= 4 is 0 Å². The van der Waals surface area contributed by atoms with Crippen LogP contribution < -0.4 is 0 Å². The molecule has 2 nitrogen and oxygen atoms in total. The Bertz CT molecular complexity index is 319. The van der Waals surface area contributed by atoms with E-state index < -0.39 is 29.4 Å². The molecule has 0 radical (unpaired) electrons. The number of hydrogen-bond donors (Lipinski definition) is 2. The van der Waals surface area contributed by atoms with Crippen molar-refractivity contribution in [2.24, 2.45) is 5.92 Å². The molecule has 0 bridgehead atoms. The van der Waals surface area contributed by atoms with Crippen LogP contribution in [-0.4, -0.2) is 16.3 Å². The van der Waals surface area contributed by atoms with Gasteiger partial charge in [-0.1, -0.05) is 19.9 Å². The zero-order valence-electron chi connectivity index (χ0n) is 8.61. The summed E-state index contributed by atoms with van der Waals surface area (Å²) in [6.07, 6.45) is -2.72. The lowest BCUT2D eigenvalue weighted by molar-refractivity contribution is -0.0131. The summed E-state index contributed by atoms with van der Waals surface area (Å²) in [7, 11) is 0. The molecule has 15 heavy (non-hydrogen) atoms. The number of rotatable bonds is 3. The summed E-state index contributed by atoms with van der Waals surface area (Å²) in [6.45, 7) is 3.32. The molecule has 0 aliphatic rings. The van der Waals surface area contributed by atoms with Crippen molar-refractivity contribution in [3.8, 4) is 0 Å². The summed E-state index contributed by atoms with van der Waals surface area (Å²) in [6, 6.07) is 3.31. The lowest BCUT2D eigenvalue weighted by Gasteiger charge is -2.21. The largest absolute Gasteiger partial charge is 0.390 e. The van der Waals surface area contributed by atoms with E-state index in [2.05, 4.69) is 0 Å². The summed E-state index contributed by atoms with van der Waals surface area (Å²) < 4.78 is 26.4. The summed E-state index contributed by atoms with van der Waals surface area (Å²) in [4.78, 5) is 0. The molecular formula is C11H14F2O2. The monoisotopic (exact) mass is 216 g/mol. The highest BCUT2D eigenvalue weighted by molar-refractivity contribution is 5.23. The van der Waals surface area contributed by atoms with Crippen LogP contribution in [0, 0.1) is 17.6 Å². The van der Waals surface area contributed by atoms with Crippen molar-refractivity contribution in [3.63, 3.8) is 0 Å². The topological polar surface area (TPSA) is 40.5 Å². The fraction of sp³-hybridized carbons (Fsp3) is 0.455. The van der Waals surface area contributed by atoms with Crippen molar-refractivity contribution in [3.05, 3.63) is 35.4 Å². The third kappa shape index (κ3) is 2.52. The molecule has 2 atom stereocenters. The summed E-state index contributed by atoms with van der Waals surface area (Å²) in [5.74, 6) is -1.97. The lowest BCUT2D eigenvalue weighted by atomic mass is 9.95. The molecule has 0 amide bonds. The molecule has 84 valence electrons. The van der Waals surface area contributed by atoms with Crippen molar-refractivity contribution in [1.82, 2.24) is 0 Å². The molecule has 1 aromatic rings. The van der Waals surface area contributed by atoms with Crippen LogP contribution >= 0.6 is 0 Å². The van der Waals surface area contributed by atoms with E-state index in [9.17, 15) is 19.0 Å². The Labute approximate surface area is 87.2 Å². The molecule has 1 rings (SSSR count). The molecule has 0 aliphatic carbocycles. The van der Waals surface area contributed by atoms with E-state index in [1.165, 1.54) is 6.07 Å². The molecule has 1 aromatic carbocycles. The number of benzene rings is 1. The molecule has 0 aliphatic heterocycles. The van der Waals surface area contributed by atoms with Crippen LogP contribution in [0.5, 0.6) is 0 Å². The second-order valence-corrected chi connectivity index (χ2v) is 3.81. The van der Waals surface area contributed by atoms with Gasteiger partial charge in [-0.05, 0) is 18.1 Å². The van der Waals surface area contributed by atoms with Crippen molar-refractivity contribution in [2.75, 3.05) is 0 Å². The summed E-state index contributed by atoms with van der Waals surface area (Å²) in [5.41, 5.74) is -0.473. The van der Waals surface area contributed by atoms with E-state index in [-0.39, 0.29) is 5.92 Å². The van der Waals surface area contributed by atoms with E-state index in [1.807, 2.05) is 0 Å². The second kappa shape index (κ2) is 4.68. The molecule has 0 saturated carbocycles. The zero-order valence-corrected chi connectivity index (χ0v) is 8.61. The van der Waals surface area contributed by atoms with Crippen molar-refractivity contribution < 1.29 is 19.0 Å². The van der Waals surface area contributed by atoms with E-state index in [0.717, 1.165) is 12.1 Å². The molecule has 0 spiro atoms. The first kappa shape index (κ1) is 12.1. The predicted octanol–water partition coefficient (Wildman–Crippen LogP) is 2.02. The quantitative estimate of drug-likeness (QED) is 0.811. The average Bonchev–Trinajstić information content (AvgIpc) is 2.15. The van der Waals surface area contributed by atoms with Crippen LogP contribution in [0.25, 0.3) is 0 Å². The van der Waals surface area contributed by atoms with Gasteiger partial charge in [0.2, 0.25) is 0 Å². The highest BCUT2D eigenvalue weighted by Gasteiger charge is 2.26. The molecule has 2 N–H and O–H groups in total. The summed E-state index contributed by atoms with van der Waals surface area (Å²) >= 11 is 0. The maximum Gasteiger partial charge on any atom is 0.132 e. The van der Waals surface area contributed by atoms with E-state index in [4.69, 9.17) is 0 Å². The maximum atomic E-state index is 13.2. The molecule has 2 unspecified atom stereocenters. The first-order chi connectivity index (χ1) is 6.95. The van der Waals surface area contributed by atoms with Crippen molar-refractivity contribution in [1.29, 1.82) is 0 Å². The number of aliphatic hydroxyl groups is 2. The molecule has 0 saturated heterocycles. The first-order valence-electron chi connectivity index (χ1n) is 4.75. The molecule has 0 fully saturated rings. The third-order valence-corrected chi connectivity index (χ3v) is 2.30. The van der Waals surface area contributed by atoms with Crippen LogP contribution in [-0.2, 0) is 0 Å². The van der Waals surface area contributed by atoms with Crippen LogP contribution in [0.15, 0.2) is 18.2 Å². The molecular weight excluding hydrogens is 202 g/mol. The highest BCUT2D eigenvalue weighted by Crippen LogP contribution is 2.26. The van der Waals surface area contributed by atoms with Gasteiger partial charge in [0.25, 0.3) is 0 Å². The van der Waals surface area contributed by atoms with Gasteiger partial charge in [-0.15, -0.1) is 0 Å². The molecule has 0 heterocycles. The Hall–Kier alpha value is -1.00. The van der Waals surface area contributed by atoms with Gasteiger partial charge < -0.3 is 10.2 Å². The standard InChI is InChI=1S/C11H14F2O2/c1-6(2)10(14)11(15)9-7(12)4-3-5-8(9)13/h3-6,10-11,14-15H,1-2H3. The van der Waals surface area contributed by atoms with Crippen LogP contribution in [0.4, 0.5) is 8.78 Å².